The molecule has 8 nitrogen and oxygen atoms in total. The number of carbonyl (C=O) groups excluding carboxylic acids is 3. The number of rotatable bonds is 6. The minimum absolute atomic E-state index is 0.101. The number of primary amides is 1. The van der Waals surface area contributed by atoms with Gasteiger partial charge in [0.15, 0.2) is 0 Å². The van der Waals surface area contributed by atoms with E-state index in [-0.39, 0.29) is 36.8 Å². The summed E-state index contributed by atoms with van der Waals surface area (Å²) in [6.45, 7) is 1.59. The molecule has 3 aliphatic rings. The van der Waals surface area contributed by atoms with Crippen molar-refractivity contribution in [1.82, 2.24) is 10.2 Å². The summed E-state index contributed by atoms with van der Waals surface area (Å²) < 4.78 is 7.56. The minimum atomic E-state index is -1.20. The van der Waals surface area contributed by atoms with Gasteiger partial charge in [0.2, 0.25) is 17.7 Å². The molecular weight excluding hydrogens is 690 g/mol. The Kier molecular flexibility index (Phi) is 8.12. The van der Waals surface area contributed by atoms with Crippen LogP contribution in [0.15, 0.2) is 60.7 Å². The number of nitrogens with one attached hydrogen (secondary N) is 2. The highest BCUT2D eigenvalue weighted by Gasteiger charge is 2.61. The van der Waals surface area contributed by atoms with Gasteiger partial charge in [-0.15, -0.1) is 0 Å². The number of benzene rings is 3. The molecule has 3 atom stereocenters. The summed E-state index contributed by atoms with van der Waals surface area (Å²) in [5, 5.41) is 7.29. The van der Waals surface area contributed by atoms with Crippen LogP contribution < -0.4 is 21.1 Å². The summed E-state index contributed by atoms with van der Waals surface area (Å²) in [4.78, 5) is 41.2. The van der Waals surface area contributed by atoms with Crippen molar-refractivity contribution in [3.8, 4) is 5.75 Å². The number of likely N-dealkylation sites (tertiary alicyclic amines) is 1. The number of fused-ring (bicyclic) bond motifs is 2. The molecule has 2 fully saturated rings. The van der Waals surface area contributed by atoms with Crippen molar-refractivity contribution in [2.24, 2.45) is 5.73 Å². The first-order valence-electron chi connectivity index (χ1n) is 13.8. The molecule has 218 valence electrons. The summed E-state index contributed by atoms with van der Waals surface area (Å²) in [5.41, 5.74) is 7.09. The van der Waals surface area contributed by atoms with Gasteiger partial charge in [-0.25, -0.2) is 0 Å². The monoisotopic (exact) mass is 718 g/mol. The summed E-state index contributed by atoms with van der Waals surface area (Å²) >= 11 is 15.0. The molecule has 0 aromatic heterocycles. The zero-order valence-electron chi connectivity index (χ0n) is 22.5. The topological polar surface area (TPSA) is 114 Å². The van der Waals surface area contributed by atoms with E-state index in [1.165, 1.54) is 0 Å². The van der Waals surface area contributed by atoms with E-state index in [0.717, 1.165) is 20.3 Å². The van der Waals surface area contributed by atoms with Gasteiger partial charge in [0, 0.05) is 50.3 Å². The molecule has 3 heterocycles. The van der Waals surface area contributed by atoms with Gasteiger partial charge in [-0.3, -0.25) is 19.3 Å². The lowest BCUT2D eigenvalue weighted by atomic mass is 9.59. The lowest BCUT2D eigenvalue weighted by molar-refractivity contribution is -0.131. The van der Waals surface area contributed by atoms with Crippen LogP contribution in [0.4, 0.5) is 5.69 Å². The quantitative estimate of drug-likeness (QED) is 0.305. The second-order valence-electron chi connectivity index (χ2n) is 11.1. The van der Waals surface area contributed by atoms with E-state index in [1.54, 1.807) is 18.2 Å². The molecule has 0 radical (unpaired) electrons. The van der Waals surface area contributed by atoms with Crippen molar-refractivity contribution < 1.29 is 19.1 Å². The third-order valence-corrected chi connectivity index (χ3v) is 9.63. The van der Waals surface area contributed by atoms with Gasteiger partial charge in [-0.1, -0.05) is 41.4 Å². The van der Waals surface area contributed by atoms with E-state index >= 15 is 0 Å². The zero-order chi connectivity index (χ0) is 29.6. The number of nitrogens with two attached hydrogens (primary N) is 1. The van der Waals surface area contributed by atoms with Crippen molar-refractivity contribution in [1.29, 1.82) is 0 Å². The van der Waals surface area contributed by atoms with Crippen LogP contribution in [0.5, 0.6) is 5.75 Å². The first-order chi connectivity index (χ1) is 20.1. The third kappa shape index (κ3) is 5.36. The number of piperidine rings is 2. The van der Waals surface area contributed by atoms with Crippen molar-refractivity contribution in [3.05, 3.63) is 91.0 Å². The molecule has 0 aliphatic carbocycles. The van der Waals surface area contributed by atoms with Crippen LogP contribution in [-0.4, -0.2) is 48.4 Å². The molecule has 1 spiro atoms. The predicted molar refractivity (Wildman–Crippen MR) is 170 cm³/mol. The summed E-state index contributed by atoms with van der Waals surface area (Å²) in [7, 11) is 0. The average Bonchev–Trinajstić information content (AvgIpc) is 3.22. The predicted octanol–water partition coefficient (Wildman–Crippen LogP) is 5.16. The first kappa shape index (κ1) is 29.2. The van der Waals surface area contributed by atoms with Crippen LogP contribution in [0, 0.1) is 3.57 Å². The number of anilines is 1. The fourth-order valence-electron chi connectivity index (χ4n) is 6.71. The van der Waals surface area contributed by atoms with Gasteiger partial charge in [-0.2, -0.15) is 0 Å². The molecular formula is C31H29Cl2IN4O4. The van der Waals surface area contributed by atoms with Gasteiger partial charge in [0.25, 0.3) is 0 Å². The Bertz CT molecular complexity index is 1580. The highest BCUT2D eigenvalue weighted by Crippen LogP contribution is 2.58. The lowest BCUT2D eigenvalue weighted by Gasteiger charge is -2.47. The normalized spacial score (nSPS) is 24.3. The van der Waals surface area contributed by atoms with Gasteiger partial charge in [0.1, 0.15) is 17.3 Å². The van der Waals surface area contributed by atoms with Gasteiger partial charge in [-0.05, 0) is 89.0 Å². The molecule has 3 aliphatic heterocycles. The zero-order valence-corrected chi connectivity index (χ0v) is 26.2. The van der Waals surface area contributed by atoms with Crippen molar-refractivity contribution in [2.45, 2.75) is 42.7 Å². The average molecular weight is 719 g/mol. The van der Waals surface area contributed by atoms with E-state index < -0.39 is 17.4 Å². The van der Waals surface area contributed by atoms with E-state index in [9.17, 15) is 14.4 Å². The number of halogens is 3. The van der Waals surface area contributed by atoms with Crippen LogP contribution in [0.25, 0.3) is 0 Å². The van der Waals surface area contributed by atoms with Gasteiger partial charge in [0.05, 0.1) is 12.6 Å². The Morgan fingerprint density at radius 3 is 2.55 bits per heavy atom. The van der Waals surface area contributed by atoms with Crippen LogP contribution in [-0.2, 0) is 19.8 Å². The molecule has 3 aromatic carbocycles. The number of carbonyl (C=O) groups is 3. The fraction of sp³-hybridized carbons (Fsp3) is 0.323. The second-order valence-corrected chi connectivity index (χ2v) is 13.2. The van der Waals surface area contributed by atoms with E-state index in [4.69, 9.17) is 33.7 Å². The maximum absolute atomic E-state index is 14.4. The highest BCUT2D eigenvalue weighted by atomic mass is 127. The van der Waals surface area contributed by atoms with E-state index in [0.29, 0.717) is 47.4 Å². The van der Waals surface area contributed by atoms with Crippen LogP contribution >= 0.6 is 45.8 Å². The van der Waals surface area contributed by atoms with E-state index in [2.05, 4.69) is 33.2 Å². The number of nitrogens with zero attached hydrogens (tertiary/aromatic N) is 1. The SMILES string of the molecule is NC(=O)CN1CCC(Oc2ccc(I)cc2[C@@H]2NC(=O)C[C@H](c3cccc(Cl)c3)[C@@]23C(=O)Nc2cc(Cl)ccc23)CC1. The minimum Gasteiger partial charge on any atom is -0.490 e. The Morgan fingerprint density at radius 1 is 1.05 bits per heavy atom. The number of amides is 3. The maximum Gasteiger partial charge on any atom is 0.238 e. The lowest BCUT2D eigenvalue weighted by Crippen LogP contribution is -2.57. The molecule has 0 bridgehead atoms. The number of ether oxygens (including phenoxy) is 1. The van der Waals surface area contributed by atoms with Crippen LogP contribution in [0.1, 0.15) is 47.9 Å². The highest BCUT2D eigenvalue weighted by molar-refractivity contribution is 14.1. The second kappa shape index (κ2) is 11.7. The smallest absolute Gasteiger partial charge is 0.238 e. The van der Waals surface area contributed by atoms with E-state index in [1.807, 2.05) is 47.4 Å². The van der Waals surface area contributed by atoms with Crippen molar-refractivity contribution >= 4 is 69.2 Å². The molecule has 42 heavy (non-hydrogen) atoms. The largest absolute Gasteiger partial charge is 0.490 e. The summed E-state index contributed by atoms with van der Waals surface area (Å²) in [6.07, 6.45) is 1.43. The molecule has 0 saturated carbocycles. The van der Waals surface area contributed by atoms with Crippen molar-refractivity contribution in [3.63, 3.8) is 0 Å². The molecule has 0 unspecified atom stereocenters. The molecule has 3 aromatic rings. The third-order valence-electron chi connectivity index (χ3n) is 8.49. The molecule has 11 heteroatoms. The molecule has 6 rings (SSSR count). The standard InChI is InChI=1S/C31H29Cl2IN4O4/c32-18-3-1-2-17(12-18)24-15-28(40)37-29(31(24)23-6-4-19(33)13-25(23)36-30(31)41)22-14-20(34)5-7-26(22)42-21-8-10-38(11-9-21)16-27(35)39/h1-7,12-14,21,24,29H,8-11,15-16H2,(H2,35,39)(H,36,41)(H,37,40)/t24-,29+,31-/m1/s1. The molecule has 2 saturated heterocycles. The van der Waals surface area contributed by atoms with Gasteiger partial charge < -0.3 is 21.1 Å². The Balaban J connectivity index is 1.46. The number of hydrogen-bond acceptors (Lipinski definition) is 5. The maximum atomic E-state index is 14.4. The van der Waals surface area contributed by atoms with Gasteiger partial charge >= 0.3 is 0 Å². The fourth-order valence-corrected chi connectivity index (χ4v) is 7.59. The Morgan fingerprint density at radius 2 is 1.81 bits per heavy atom. The summed E-state index contributed by atoms with van der Waals surface area (Å²) in [6, 6.07) is 17.9. The van der Waals surface area contributed by atoms with Crippen LogP contribution in [0.2, 0.25) is 10.0 Å². The Labute approximate surface area is 267 Å². The molecule has 4 N–H and O–H groups in total. The first-order valence-corrected chi connectivity index (χ1v) is 15.6. The summed E-state index contributed by atoms with van der Waals surface area (Å²) in [5.74, 6) is -0.650. The molecule has 3 amide bonds. The van der Waals surface area contributed by atoms with Crippen molar-refractivity contribution in [2.75, 3.05) is 25.0 Å². The van der Waals surface area contributed by atoms with Crippen LogP contribution in [0.3, 0.4) is 0 Å². The number of hydrogen-bond donors (Lipinski definition) is 3. The Hall–Kier alpha value is -2.86.